The average Bonchev–Trinajstić information content (AvgIpc) is 3.12. The molecule has 0 radical (unpaired) electrons. The first-order chi connectivity index (χ1) is 13.9. The molecule has 1 heterocycles. The highest BCUT2D eigenvalue weighted by Gasteiger charge is 2.24. The third-order valence-corrected chi connectivity index (χ3v) is 5.57. The molecule has 29 heavy (non-hydrogen) atoms. The first-order valence-electron chi connectivity index (χ1n) is 9.10. The maximum absolute atomic E-state index is 14.1. The number of methoxy groups -OCH3 is 1. The summed E-state index contributed by atoms with van der Waals surface area (Å²) in [6.07, 6.45) is 1.32. The van der Waals surface area contributed by atoms with Gasteiger partial charge in [0.15, 0.2) is 5.78 Å². The van der Waals surface area contributed by atoms with Crippen molar-refractivity contribution in [1.29, 1.82) is 0 Å². The maximum Gasteiger partial charge on any atom is 0.234 e. The number of Topliss-reactive ketones (excluding diaryl/α,β-unsaturated/α-hetero) is 1. The lowest BCUT2D eigenvalue weighted by Gasteiger charge is -2.19. The van der Waals surface area contributed by atoms with Gasteiger partial charge in [0.25, 0.3) is 0 Å². The Morgan fingerprint density at radius 1 is 1.24 bits per heavy atom. The Morgan fingerprint density at radius 2 is 2.03 bits per heavy atom. The molecule has 1 N–H and O–H groups in total. The van der Waals surface area contributed by atoms with E-state index < -0.39 is 5.82 Å². The number of benzene rings is 2. The normalized spacial score (nSPS) is 13.5. The Kier molecular flexibility index (Phi) is 6.53. The Bertz CT molecular complexity index is 964. The molecule has 1 aliphatic rings. The van der Waals surface area contributed by atoms with Gasteiger partial charge in [-0.3, -0.25) is 14.4 Å². The number of halogens is 1. The number of nitrogens with zero attached hydrogens (tertiary/aromatic N) is 1. The lowest BCUT2D eigenvalue weighted by atomic mass is 10.1. The van der Waals surface area contributed by atoms with Crippen LogP contribution in [0, 0.1) is 5.82 Å². The third kappa shape index (κ3) is 4.95. The van der Waals surface area contributed by atoms with Gasteiger partial charge in [-0.05, 0) is 37.6 Å². The Labute approximate surface area is 172 Å². The summed E-state index contributed by atoms with van der Waals surface area (Å²) in [5.74, 6) is -0.503. The SMILES string of the molecule is COc1cc(NC(=O)CSc2ccc(C(C)=O)cc2F)ccc1N1CCCC1=O. The van der Waals surface area contributed by atoms with Crippen LogP contribution in [0.15, 0.2) is 41.3 Å². The Hall–Kier alpha value is -2.87. The van der Waals surface area contributed by atoms with E-state index in [0.717, 1.165) is 18.2 Å². The molecule has 2 aromatic rings. The monoisotopic (exact) mass is 416 g/mol. The molecule has 2 amide bonds. The summed E-state index contributed by atoms with van der Waals surface area (Å²) in [4.78, 5) is 37.5. The molecule has 0 spiro atoms. The van der Waals surface area contributed by atoms with Gasteiger partial charge in [-0.2, -0.15) is 0 Å². The van der Waals surface area contributed by atoms with Crippen molar-refractivity contribution in [2.24, 2.45) is 0 Å². The summed E-state index contributed by atoms with van der Waals surface area (Å²) in [6, 6.07) is 9.31. The minimum absolute atomic E-state index is 0.00498. The molecular weight excluding hydrogens is 395 g/mol. The molecule has 0 aliphatic carbocycles. The number of hydrogen-bond acceptors (Lipinski definition) is 5. The van der Waals surface area contributed by atoms with E-state index in [1.807, 2.05) is 0 Å². The molecule has 8 heteroatoms. The number of rotatable bonds is 7. The number of nitrogens with one attached hydrogen (secondary N) is 1. The van der Waals surface area contributed by atoms with Crippen LogP contribution in [0.25, 0.3) is 0 Å². The van der Waals surface area contributed by atoms with Crippen molar-refractivity contribution in [2.75, 3.05) is 29.6 Å². The summed E-state index contributed by atoms with van der Waals surface area (Å²) >= 11 is 1.05. The van der Waals surface area contributed by atoms with Crippen LogP contribution in [0.1, 0.15) is 30.1 Å². The van der Waals surface area contributed by atoms with Gasteiger partial charge in [0, 0.05) is 35.2 Å². The van der Waals surface area contributed by atoms with Gasteiger partial charge in [-0.1, -0.05) is 6.07 Å². The van der Waals surface area contributed by atoms with Crippen LogP contribution in [0.3, 0.4) is 0 Å². The number of carbonyl (C=O) groups excluding carboxylic acids is 3. The lowest BCUT2D eigenvalue weighted by Crippen LogP contribution is -2.24. The molecule has 0 saturated carbocycles. The van der Waals surface area contributed by atoms with E-state index in [1.54, 1.807) is 23.1 Å². The lowest BCUT2D eigenvalue weighted by molar-refractivity contribution is -0.117. The Balaban J connectivity index is 1.63. The van der Waals surface area contributed by atoms with Crippen molar-refractivity contribution in [3.63, 3.8) is 0 Å². The zero-order valence-electron chi connectivity index (χ0n) is 16.2. The van der Waals surface area contributed by atoms with E-state index >= 15 is 0 Å². The standard InChI is InChI=1S/C21H21FN2O4S/c1-13(25)14-5-8-19(16(22)10-14)29-12-20(26)23-15-6-7-17(18(11-15)28-2)24-9-3-4-21(24)27/h5-8,10-11H,3-4,9,12H2,1-2H3,(H,23,26). The number of carbonyl (C=O) groups is 3. The minimum Gasteiger partial charge on any atom is -0.494 e. The smallest absolute Gasteiger partial charge is 0.234 e. The van der Waals surface area contributed by atoms with E-state index in [0.29, 0.717) is 40.5 Å². The number of amides is 2. The maximum atomic E-state index is 14.1. The van der Waals surface area contributed by atoms with Gasteiger partial charge >= 0.3 is 0 Å². The van der Waals surface area contributed by atoms with Crippen molar-refractivity contribution in [3.05, 3.63) is 47.8 Å². The molecule has 1 saturated heterocycles. The first-order valence-corrected chi connectivity index (χ1v) is 10.1. The second kappa shape index (κ2) is 9.09. The molecule has 6 nitrogen and oxygen atoms in total. The molecule has 152 valence electrons. The molecule has 3 rings (SSSR count). The molecule has 1 aliphatic heterocycles. The molecule has 0 aromatic heterocycles. The summed E-state index contributed by atoms with van der Waals surface area (Å²) in [6.45, 7) is 2.01. The highest BCUT2D eigenvalue weighted by molar-refractivity contribution is 8.00. The van der Waals surface area contributed by atoms with E-state index in [9.17, 15) is 18.8 Å². The van der Waals surface area contributed by atoms with Crippen LogP contribution in [0.5, 0.6) is 5.75 Å². The van der Waals surface area contributed by atoms with Crippen molar-refractivity contribution >= 4 is 40.7 Å². The molecule has 0 atom stereocenters. The minimum atomic E-state index is -0.531. The summed E-state index contributed by atoms with van der Waals surface area (Å²) in [7, 11) is 1.51. The predicted octanol–water partition coefficient (Wildman–Crippen LogP) is 3.89. The zero-order valence-corrected chi connectivity index (χ0v) is 17.0. The Morgan fingerprint density at radius 3 is 2.66 bits per heavy atom. The highest BCUT2D eigenvalue weighted by atomic mass is 32.2. The first kappa shape index (κ1) is 20.9. The van der Waals surface area contributed by atoms with E-state index in [1.165, 1.54) is 32.2 Å². The average molecular weight is 416 g/mol. The summed E-state index contributed by atoms with van der Waals surface area (Å²) in [5.41, 5.74) is 1.49. The zero-order chi connectivity index (χ0) is 21.0. The second-order valence-electron chi connectivity index (χ2n) is 6.57. The van der Waals surface area contributed by atoms with Crippen molar-refractivity contribution in [2.45, 2.75) is 24.7 Å². The van der Waals surface area contributed by atoms with Gasteiger partial charge in [0.05, 0.1) is 18.6 Å². The quantitative estimate of drug-likeness (QED) is 0.547. The van der Waals surface area contributed by atoms with Gasteiger partial charge in [0.2, 0.25) is 11.8 Å². The van der Waals surface area contributed by atoms with Gasteiger partial charge in [-0.25, -0.2) is 4.39 Å². The van der Waals surface area contributed by atoms with Crippen LogP contribution in [-0.4, -0.2) is 37.0 Å². The van der Waals surface area contributed by atoms with Gasteiger partial charge in [-0.15, -0.1) is 11.8 Å². The number of ketones is 1. The van der Waals surface area contributed by atoms with E-state index in [-0.39, 0.29) is 23.4 Å². The van der Waals surface area contributed by atoms with Crippen molar-refractivity contribution < 1.29 is 23.5 Å². The van der Waals surface area contributed by atoms with E-state index in [2.05, 4.69) is 5.32 Å². The molecule has 0 bridgehead atoms. The van der Waals surface area contributed by atoms with E-state index in [4.69, 9.17) is 4.74 Å². The topological polar surface area (TPSA) is 75.7 Å². The van der Waals surface area contributed by atoms with Crippen LogP contribution in [-0.2, 0) is 9.59 Å². The molecular formula is C21H21FN2O4S. The number of hydrogen-bond donors (Lipinski definition) is 1. The van der Waals surface area contributed by atoms with Crippen LogP contribution < -0.4 is 15.0 Å². The largest absolute Gasteiger partial charge is 0.494 e. The molecule has 1 fully saturated rings. The van der Waals surface area contributed by atoms with Crippen LogP contribution in [0.2, 0.25) is 0 Å². The third-order valence-electron chi connectivity index (χ3n) is 4.52. The molecule has 2 aromatic carbocycles. The van der Waals surface area contributed by atoms with Gasteiger partial charge in [0.1, 0.15) is 11.6 Å². The number of ether oxygens (including phenoxy) is 1. The number of anilines is 2. The fourth-order valence-electron chi connectivity index (χ4n) is 3.06. The second-order valence-corrected chi connectivity index (χ2v) is 7.59. The fourth-order valence-corrected chi connectivity index (χ4v) is 3.78. The highest BCUT2D eigenvalue weighted by Crippen LogP contribution is 2.34. The van der Waals surface area contributed by atoms with Crippen molar-refractivity contribution in [1.82, 2.24) is 0 Å². The molecule has 0 unspecified atom stereocenters. The predicted molar refractivity (Wildman–Crippen MR) is 110 cm³/mol. The van der Waals surface area contributed by atoms with Crippen LogP contribution >= 0.6 is 11.8 Å². The summed E-state index contributed by atoms with van der Waals surface area (Å²) < 4.78 is 19.4. The van der Waals surface area contributed by atoms with Gasteiger partial charge < -0.3 is 15.0 Å². The van der Waals surface area contributed by atoms with Crippen LogP contribution in [0.4, 0.5) is 15.8 Å². The number of thioether (sulfide) groups is 1. The summed E-state index contributed by atoms with van der Waals surface area (Å²) in [5, 5.41) is 2.75. The fraction of sp³-hybridized carbons (Fsp3) is 0.286. The van der Waals surface area contributed by atoms with Crippen molar-refractivity contribution in [3.8, 4) is 5.75 Å².